The average Bonchev–Trinajstić information content (AvgIpc) is 3.48. The molecule has 3 aromatic heterocycles. The summed E-state index contributed by atoms with van der Waals surface area (Å²) in [7, 11) is 0. The first-order chi connectivity index (χ1) is 17.6. The number of nitrogens with zero attached hydrogens (tertiary/aromatic N) is 5. The summed E-state index contributed by atoms with van der Waals surface area (Å²) < 4.78 is 2.37. The van der Waals surface area contributed by atoms with Crippen LogP contribution in [0.1, 0.15) is 82.5 Å². The molecule has 4 bridgehead atoms. The first kappa shape index (κ1) is 22.1. The fourth-order valence-electron chi connectivity index (χ4n) is 8.55. The van der Waals surface area contributed by atoms with Crippen LogP contribution in [0.4, 0.5) is 0 Å². The third kappa shape index (κ3) is 3.58. The number of fused-ring (bicyclic) bond motifs is 3. The smallest absolute Gasteiger partial charge is 0.174 e. The number of imidazole rings is 1. The van der Waals surface area contributed by atoms with Crippen molar-refractivity contribution >= 4 is 27.9 Å². The molecule has 0 spiro atoms. The maximum atomic E-state index is 9.14. The molecule has 5 aliphatic rings. The Balaban J connectivity index is 1.17. The fraction of sp³-hybridized carbons (Fsp3) is 0.643. The van der Waals surface area contributed by atoms with E-state index in [1.165, 1.54) is 38.5 Å². The summed E-state index contributed by atoms with van der Waals surface area (Å²) in [5.74, 6) is 4.55. The van der Waals surface area contributed by atoms with E-state index in [4.69, 9.17) is 20.8 Å². The lowest BCUT2D eigenvalue weighted by Gasteiger charge is -2.56. The van der Waals surface area contributed by atoms with Gasteiger partial charge in [-0.25, -0.2) is 9.97 Å². The molecule has 0 aliphatic heterocycles. The zero-order chi connectivity index (χ0) is 24.3. The molecule has 0 atom stereocenters. The van der Waals surface area contributed by atoms with Crippen LogP contribution in [-0.4, -0.2) is 25.4 Å². The summed E-state index contributed by atoms with van der Waals surface area (Å²) in [6, 6.07) is 4.76. The summed E-state index contributed by atoms with van der Waals surface area (Å²) >= 11 is 0. The van der Waals surface area contributed by atoms with Gasteiger partial charge in [-0.3, -0.25) is 0 Å². The Kier molecular flexibility index (Phi) is 5.23. The summed E-state index contributed by atoms with van der Waals surface area (Å²) in [5.41, 5.74) is 9.58. The number of nitrogens with one attached hydrogen (secondary N) is 1. The normalized spacial score (nSPS) is 33.9. The Hall–Kier alpha value is -3.08. The number of nitrogens with two attached hydrogens (primary N) is 1. The minimum atomic E-state index is 0.0508. The van der Waals surface area contributed by atoms with E-state index in [2.05, 4.69) is 31.8 Å². The molecule has 8 nitrogen and oxygen atoms in total. The third-order valence-electron chi connectivity index (χ3n) is 9.81. The van der Waals surface area contributed by atoms with Gasteiger partial charge in [0.05, 0.1) is 17.8 Å². The van der Waals surface area contributed by atoms with Crippen LogP contribution in [0.25, 0.3) is 22.1 Å². The van der Waals surface area contributed by atoms with Gasteiger partial charge in [0, 0.05) is 29.5 Å². The van der Waals surface area contributed by atoms with E-state index in [9.17, 15) is 0 Å². The molecule has 0 amide bonds. The van der Waals surface area contributed by atoms with Crippen molar-refractivity contribution in [1.82, 2.24) is 19.5 Å². The molecule has 188 valence electrons. The van der Waals surface area contributed by atoms with Crippen molar-refractivity contribution in [2.75, 3.05) is 0 Å². The molecular formula is C28H35N7O. The van der Waals surface area contributed by atoms with Crippen LogP contribution in [0.15, 0.2) is 23.6 Å². The number of nitriles is 1. The monoisotopic (exact) mass is 485 g/mol. The first-order valence-electron chi connectivity index (χ1n) is 13.8. The molecule has 5 saturated carbocycles. The minimum absolute atomic E-state index is 0.0508. The van der Waals surface area contributed by atoms with E-state index < -0.39 is 0 Å². The Morgan fingerprint density at radius 3 is 2.58 bits per heavy atom. The number of oxime groups is 1. The number of pyridine rings is 1. The van der Waals surface area contributed by atoms with E-state index in [-0.39, 0.29) is 5.41 Å². The fourth-order valence-corrected chi connectivity index (χ4v) is 8.55. The quantitative estimate of drug-likeness (QED) is 0.269. The lowest BCUT2D eigenvalue weighted by molar-refractivity contribution is -0.0160. The van der Waals surface area contributed by atoms with Gasteiger partial charge in [0.25, 0.3) is 0 Å². The molecule has 0 aromatic carbocycles. The van der Waals surface area contributed by atoms with Crippen molar-refractivity contribution < 1.29 is 4.84 Å². The predicted molar refractivity (Wildman–Crippen MR) is 138 cm³/mol. The largest absolute Gasteiger partial charge is 0.386 e. The molecule has 3 N–H and O–H groups in total. The van der Waals surface area contributed by atoms with Crippen molar-refractivity contribution in [3.63, 3.8) is 0 Å². The van der Waals surface area contributed by atoms with Crippen LogP contribution in [0.2, 0.25) is 0 Å². The van der Waals surface area contributed by atoms with Crippen molar-refractivity contribution in [3.8, 4) is 6.07 Å². The average molecular weight is 486 g/mol. The molecule has 5 aliphatic carbocycles. The molecule has 5 fully saturated rings. The Bertz CT molecular complexity index is 1320. The zero-order valence-corrected chi connectivity index (χ0v) is 20.8. The van der Waals surface area contributed by atoms with E-state index in [0.717, 1.165) is 71.3 Å². The topological polar surface area (TPSA) is 118 Å². The van der Waals surface area contributed by atoms with Crippen LogP contribution in [0, 0.1) is 40.4 Å². The van der Waals surface area contributed by atoms with Gasteiger partial charge in [-0.1, -0.05) is 5.16 Å². The number of aromatic amines is 1. The molecular weight excluding hydrogens is 450 g/mol. The van der Waals surface area contributed by atoms with Crippen LogP contribution < -0.4 is 5.73 Å². The van der Waals surface area contributed by atoms with Gasteiger partial charge in [-0.15, -0.1) is 0 Å². The second-order valence-electron chi connectivity index (χ2n) is 12.1. The van der Waals surface area contributed by atoms with E-state index in [0.29, 0.717) is 30.8 Å². The molecule has 3 heterocycles. The van der Waals surface area contributed by atoms with Crippen molar-refractivity contribution in [1.29, 1.82) is 5.26 Å². The highest BCUT2D eigenvalue weighted by Gasteiger charge is 2.53. The van der Waals surface area contributed by atoms with Gasteiger partial charge in [0.2, 0.25) is 0 Å². The minimum Gasteiger partial charge on any atom is -0.386 e. The molecule has 3 aromatic rings. The van der Waals surface area contributed by atoms with Crippen LogP contribution in [0.3, 0.4) is 0 Å². The first-order valence-corrected chi connectivity index (χ1v) is 13.8. The van der Waals surface area contributed by atoms with Crippen molar-refractivity contribution in [3.05, 3.63) is 24.3 Å². The van der Waals surface area contributed by atoms with Gasteiger partial charge in [-0.05, 0) is 93.9 Å². The Morgan fingerprint density at radius 2 is 1.89 bits per heavy atom. The number of amidine groups is 1. The van der Waals surface area contributed by atoms with E-state index in [1.54, 1.807) is 0 Å². The van der Waals surface area contributed by atoms with Gasteiger partial charge >= 0.3 is 0 Å². The predicted octanol–water partition coefficient (Wildman–Crippen LogP) is 5.56. The van der Waals surface area contributed by atoms with Gasteiger partial charge in [0.15, 0.2) is 12.4 Å². The second-order valence-corrected chi connectivity index (χ2v) is 12.1. The number of hydrogen-bond donors (Lipinski definition) is 2. The summed E-state index contributed by atoms with van der Waals surface area (Å²) in [6.45, 7) is 0.297. The van der Waals surface area contributed by atoms with Crippen LogP contribution >= 0.6 is 0 Å². The zero-order valence-electron chi connectivity index (χ0n) is 20.8. The van der Waals surface area contributed by atoms with Gasteiger partial charge in [-0.2, -0.15) is 5.26 Å². The van der Waals surface area contributed by atoms with E-state index in [1.807, 2.05) is 12.4 Å². The molecule has 0 saturated heterocycles. The molecule has 0 radical (unpaired) electrons. The van der Waals surface area contributed by atoms with E-state index >= 15 is 0 Å². The lowest BCUT2D eigenvalue weighted by atomic mass is 9.49. The number of hydrogen-bond acceptors (Lipinski definition) is 5. The maximum absolute atomic E-state index is 9.14. The molecule has 8 rings (SSSR count). The Morgan fingerprint density at radius 1 is 1.17 bits per heavy atom. The highest BCUT2D eigenvalue weighted by atomic mass is 16.6. The summed E-state index contributed by atoms with van der Waals surface area (Å²) in [5, 5.41) is 14.8. The number of H-pyrrole nitrogens is 1. The summed E-state index contributed by atoms with van der Waals surface area (Å²) in [6.07, 6.45) is 16.3. The maximum Gasteiger partial charge on any atom is 0.174 e. The van der Waals surface area contributed by atoms with Gasteiger partial charge < -0.3 is 20.1 Å². The van der Waals surface area contributed by atoms with Crippen molar-refractivity contribution in [2.45, 2.75) is 83.3 Å². The SMILES string of the molecule is N#CC[C@H]1CC[C@H](n2c(CO/N=C(\N)C34CC5CC(CC(C5)C3)C4)nc3cnc4[nH]ccc4c32)CC1. The van der Waals surface area contributed by atoms with Crippen LogP contribution in [0.5, 0.6) is 0 Å². The summed E-state index contributed by atoms with van der Waals surface area (Å²) in [4.78, 5) is 18.8. The molecule has 8 heteroatoms. The lowest BCUT2D eigenvalue weighted by Crippen LogP contribution is -2.52. The van der Waals surface area contributed by atoms with Gasteiger partial charge in [0.1, 0.15) is 17.0 Å². The number of rotatable bonds is 6. The number of aromatic nitrogens is 4. The highest BCUT2D eigenvalue weighted by Crippen LogP contribution is 2.60. The highest BCUT2D eigenvalue weighted by molar-refractivity contribution is 6.01. The standard InChI is InChI=1S/C28H35N7O/c29-7-5-17-1-3-21(4-2-17)35-24(33-23-15-32-26-22(25(23)35)6-8-31-26)16-36-34-27(30)28-12-18-9-19(13-28)11-20(10-18)14-28/h6,8,15,17-21H,1-5,9-14,16H2,(H2,30,34)(H,31,32)/t17-,18?,19?,20?,21-,28?. The third-order valence-corrected chi connectivity index (χ3v) is 9.81. The Labute approximate surface area is 211 Å². The van der Waals surface area contributed by atoms with Crippen LogP contribution in [-0.2, 0) is 11.4 Å². The second kappa shape index (κ2) is 8.50. The molecule has 0 unspecified atom stereocenters. The molecule has 36 heavy (non-hydrogen) atoms. The van der Waals surface area contributed by atoms with Crippen molar-refractivity contribution in [2.24, 2.45) is 40.0 Å².